The van der Waals surface area contributed by atoms with E-state index in [1.54, 1.807) is 0 Å². The van der Waals surface area contributed by atoms with Gasteiger partial charge in [-0.05, 0) is 43.9 Å². The molecule has 0 bridgehead atoms. The van der Waals surface area contributed by atoms with Gasteiger partial charge in [0.15, 0.2) is 0 Å². The molecule has 1 fully saturated rings. The first-order valence-corrected chi connectivity index (χ1v) is 8.58. The topological polar surface area (TPSA) is 66.5 Å². The van der Waals surface area contributed by atoms with Crippen LogP contribution in [-0.4, -0.2) is 38.8 Å². The van der Waals surface area contributed by atoms with Crippen LogP contribution < -0.4 is 5.32 Å². The van der Waals surface area contributed by atoms with Crippen molar-refractivity contribution in [1.29, 1.82) is 0 Å². The van der Waals surface area contributed by atoms with Crippen LogP contribution in [0, 0.1) is 5.92 Å². The number of nitrogens with zero attached hydrogens (tertiary/aromatic N) is 1. The van der Waals surface area contributed by atoms with Crippen LogP contribution >= 0.6 is 11.6 Å². The summed E-state index contributed by atoms with van der Waals surface area (Å²) in [5.74, 6) is 0.177. The van der Waals surface area contributed by atoms with E-state index in [9.17, 15) is 13.2 Å². The fourth-order valence-corrected chi connectivity index (χ4v) is 3.18. The number of halogens is 1. The van der Waals surface area contributed by atoms with Crippen LogP contribution in [0.4, 0.5) is 0 Å². The van der Waals surface area contributed by atoms with Crippen LogP contribution in [0.2, 0.25) is 5.02 Å². The lowest BCUT2D eigenvalue weighted by Crippen LogP contribution is -2.34. The standard InChI is InChI=1S/C14H19ClN2O3S/c1-9(10-4-5-10)16-14(18)12-8-11(6-7-13(12)15)21(19,20)17(2)3/h6-10H,4-5H2,1-3H3,(H,16,18)/t9-/m0/s1. The van der Waals surface area contributed by atoms with Crippen molar-refractivity contribution in [1.82, 2.24) is 9.62 Å². The van der Waals surface area contributed by atoms with Gasteiger partial charge in [0.1, 0.15) is 0 Å². The molecule has 1 aromatic carbocycles. The maximum Gasteiger partial charge on any atom is 0.253 e. The first-order valence-electron chi connectivity index (χ1n) is 6.76. The van der Waals surface area contributed by atoms with E-state index in [0.717, 1.165) is 17.1 Å². The van der Waals surface area contributed by atoms with Crippen LogP contribution in [0.5, 0.6) is 0 Å². The predicted molar refractivity (Wildman–Crippen MR) is 82.0 cm³/mol. The third-order valence-electron chi connectivity index (χ3n) is 3.65. The summed E-state index contributed by atoms with van der Waals surface area (Å²) in [6, 6.07) is 4.24. The first kappa shape index (κ1) is 16.3. The molecule has 0 aromatic heterocycles. The van der Waals surface area contributed by atoms with Crippen molar-refractivity contribution < 1.29 is 13.2 Å². The second-order valence-electron chi connectivity index (χ2n) is 5.53. The quantitative estimate of drug-likeness (QED) is 0.899. The Morgan fingerprint density at radius 2 is 2.00 bits per heavy atom. The van der Waals surface area contributed by atoms with Crippen LogP contribution in [0.25, 0.3) is 0 Å². The Kier molecular flexibility index (Phi) is 4.60. The van der Waals surface area contributed by atoms with Crippen molar-refractivity contribution in [3.05, 3.63) is 28.8 Å². The first-order chi connectivity index (χ1) is 9.73. The lowest BCUT2D eigenvalue weighted by molar-refractivity contribution is 0.0936. The van der Waals surface area contributed by atoms with E-state index < -0.39 is 10.0 Å². The Morgan fingerprint density at radius 3 is 2.52 bits per heavy atom. The van der Waals surface area contributed by atoms with Gasteiger partial charge in [0.05, 0.1) is 15.5 Å². The summed E-state index contributed by atoms with van der Waals surface area (Å²) < 4.78 is 25.3. The second-order valence-corrected chi connectivity index (χ2v) is 8.09. The van der Waals surface area contributed by atoms with Gasteiger partial charge in [0.25, 0.3) is 5.91 Å². The Balaban J connectivity index is 2.28. The number of amides is 1. The predicted octanol–water partition coefficient (Wildman–Crippen LogP) is 2.12. The molecule has 5 nitrogen and oxygen atoms in total. The molecule has 1 aromatic rings. The number of hydrogen-bond donors (Lipinski definition) is 1. The molecule has 0 unspecified atom stereocenters. The largest absolute Gasteiger partial charge is 0.349 e. The maximum absolute atomic E-state index is 12.3. The lowest BCUT2D eigenvalue weighted by Gasteiger charge is -2.15. The molecular weight excluding hydrogens is 312 g/mol. The fraction of sp³-hybridized carbons (Fsp3) is 0.500. The number of nitrogens with one attached hydrogen (secondary N) is 1. The van der Waals surface area contributed by atoms with Crippen LogP contribution in [-0.2, 0) is 10.0 Å². The molecule has 1 saturated carbocycles. The monoisotopic (exact) mass is 330 g/mol. The number of benzene rings is 1. The molecule has 0 heterocycles. The normalized spacial score (nSPS) is 16.8. The van der Waals surface area contributed by atoms with Crippen molar-refractivity contribution in [3.8, 4) is 0 Å². The van der Waals surface area contributed by atoms with E-state index in [2.05, 4.69) is 5.32 Å². The molecule has 7 heteroatoms. The smallest absolute Gasteiger partial charge is 0.253 e. The highest BCUT2D eigenvalue weighted by atomic mass is 35.5. The Labute approximate surface area is 130 Å². The number of carbonyl (C=O) groups excluding carboxylic acids is 1. The van der Waals surface area contributed by atoms with Crippen LogP contribution in [0.3, 0.4) is 0 Å². The highest BCUT2D eigenvalue weighted by Crippen LogP contribution is 2.32. The van der Waals surface area contributed by atoms with Crippen molar-refractivity contribution in [2.24, 2.45) is 5.92 Å². The van der Waals surface area contributed by atoms with Gasteiger partial charge < -0.3 is 5.32 Å². The van der Waals surface area contributed by atoms with E-state index in [1.807, 2.05) is 6.92 Å². The second kappa shape index (κ2) is 5.94. The number of rotatable bonds is 5. The van der Waals surface area contributed by atoms with E-state index in [1.165, 1.54) is 32.3 Å². The summed E-state index contributed by atoms with van der Waals surface area (Å²) in [6.07, 6.45) is 2.23. The highest BCUT2D eigenvalue weighted by Gasteiger charge is 2.29. The summed E-state index contributed by atoms with van der Waals surface area (Å²) >= 11 is 6.03. The summed E-state index contributed by atoms with van der Waals surface area (Å²) in [5, 5.41) is 3.12. The van der Waals surface area contributed by atoms with Crippen molar-refractivity contribution in [2.45, 2.75) is 30.7 Å². The zero-order valence-electron chi connectivity index (χ0n) is 12.3. The third kappa shape index (κ3) is 3.56. The van der Waals surface area contributed by atoms with Gasteiger partial charge in [-0.25, -0.2) is 12.7 Å². The average molecular weight is 331 g/mol. The number of sulfonamides is 1. The van der Waals surface area contributed by atoms with Crippen molar-refractivity contribution in [3.63, 3.8) is 0 Å². The van der Waals surface area contributed by atoms with Gasteiger partial charge in [0.2, 0.25) is 10.0 Å². The minimum absolute atomic E-state index is 0.0566. The Bertz CT molecular complexity index is 654. The lowest BCUT2D eigenvalue weighted by atomic mass is 10.1. The molecule has 0 spiro atoms. The number of carbonyl (C=O) groups is 1. The minimum Gasteiger partial charge on any atom is -0.349 e. The molecule has 0 radical (unpaired) electrons. The van der Waals surface area contributed by atoms with E-state index >= 15 is 0 Å². The maximum atomic E-state index is 12.3. The van der Waals surface area contributed by atoms with Crippen molar-refractivity contribution in [2.75, 3.05) is 14.1 Å². The van der Waals surface area contributed by atoms with Gasteiger partial charge in [-0.1, -0.05) is 11.6 Å². The van der Waals surface area contributed by atoms with Gasteiger partial charge in [-0.15, -0.1) is 0 Å². The molecule has 21 heavy (non-hydrogen) atoms. The molecule has 1 atom stereocenters. The third-order valence-corrected chi connectivity index (χ3v) is 5.79. The molecular formula is C14H19ClN2O3S. The molecule has 1 N–H and O–H groups in total. The number of hydrogen-bond acceptors (Lipinski definition) is 3. The summed E-state index contributed by atoms with van der Waals surface area (Å²) in [5.41, 5.74) is 0.187. The molecule has 0 aliphatic heterocycles. The van der Waals surface area contributed by atoms with E-state index in [4.69, 9.17) is 11.6 Å². The summed E-state index contributed by atoms with van der Waals surface area (Å²) in [7, 11) is -0.701. The van der Waals surface area contributed by atoms with Gasteiger partial charge in [-0.2, -0.15) is 0 Å². The average Bonchev–Trinajstić information content (AvgIpc) is 3.22. The van der Waals surface area contributed by atoms with Gasteiger partial charge >= 0.3 is 0 Å². The highest BCUT2D eigenvalue weighted by molar-refractivity contribution is 7.89. The van der Waals surface area contributed by atoms with Gasteiger partial charge in [-0.3, -0.25) is 4.79 Å². The Hall–Kier alpha value is -1.11. The van der Waals surface area contributed by atoms with Crippen LogP contribution in [0.15, 0.2) is 23.1 Å². The molecule has 1 aliphatic carbocycles. The zero-order chi connectivity index (χ0) is 15.8. The SMILES string of the molecule is C[C@H](NC(=O)c1cc(S(=O)(=O)N(C)C)ccc1Cl)C1CC1. The molecule has 1 amide bonds. The van der Waals surface area contributed by atoms with Crippen LogP contribution in [0.1, 0.15) is 30.1 Å². The molecule has 1 aliphatic rings. The molecule has 116 valence electrons. The van der Waals surface area contributed by atoms with Crippen molar-refractivity contribution >= 4 is 27.5 Å². The minimum atomic E-state index is -3.59. The van der Waals surface area contributed by atoms with E-state index in [0.29, 0.717) is 5.92 Å². The summed E-state index contributed by atoms with van der Waals surface area (Å²) in [4.78, 5) is 12.3. The molecule has 0 saturated heterocycles. The van der Waals surface area contributed by atoms with E-state index in [-0.39, 0.29) is 27.4 Å². The molecule has 2 rings (SSSR count). The summed E-state index contributed by atoms with van der Waals surface area (Å²) in [6.45, 7) is 1.95. The fourth-order valence-electron chi connectivity index (χ4n) is 2.05. The zero-order valence-corrected chi connectivity index (χ0v) is 13.8. The van der Waals surface area contributed by atoms with Gasteiger partial charge in [0, 0.05) is 20.1 Å². The Morgan fingerprint density at radius 1 is 1.38 bits per heavy atom.